The molecule has 0 radical (unpaired) electrons. The van der Waals surface area contributed by atoms with Crippen molar-refractivity contribution in [3.63, 3.8) is 0 Å². The Hall–Kier alpha value is -0.900. The van der Waals surface area contributed by atoms with E-state index < -0.39 is 0 Å². The lowest BCUT2D eigenvalue weighted by Gasteiger charge is -2.40. The summed E-state index contributed by atoms with van der Waals surface area (Å²) in [6.07, 6.45) is 2.32. The molecule has 0 bridgehead atoms. The predicted molar refractivity (Wildman–Crippen MR) is 74.6 cm³/mol. The molecule has 3 nitrogen and oxygen atoms in total. The number of hydrogen-bond acceptors (Lipinski definition) is 3. The fourth-order valence-electron chi connectivity index (χ4n) is 2.86. The first-order chi connectivity index (χ1) is 8.69. The van der Waals surface area contributed by atoms with Crippen molar-refractivity contribution < 1.29 is 4.74 Å². The van der Waals surface area contributed by atoms with Crippen LogP contribution in [0.1, 0.15) is 18.9 Å². The van der Waals surface area contributed by atoms with Gasteiger partial charge in [-0.05, 0) is 32.4 Å². The molecule has 2 unspecified atom stereocenters. The monoisotopic (exact) mass is 248 g/mol. The smallest absolute Gasteiger partial charge is 0.0743 e. The van der Waals surface area contributed by atoms with Crippen molar-refractivity contribution in [1.82, 2.24) is 4.90 Å². The van der Waals surface area contributed by atoms with Crippen molar-refractivity contribution >= 4 is 0 Å². The molecule has 0 amide bonds. The quantitative estimate of drug-likeness (QED) is 0.861. The summed E-state index contributed by atoms with van der Waals surface area (Å²) in [4.78, 5) is 2.39. The molecule has 2 N–H and O–H groups in total. The molecule has 1 heterocycles. The highest BCUT2D eigenvalue weighted by molar-refractivity contribution is 5.15. The van der Waals surface area contributed by atoms with Gasteiger partial charge in [-0.3, -0.25) is 4.90 Å². The molecule has 0 aliphatic carbocycles. The lowest BCUT2D eigenvalue weighted by Crippen LogP contribution is -2.57. The van der Waals surface area contributed by atoms with Gasteiger partial charge in [0.25, 0.3) is 0 Å². The van der Waals surface area contributed by atoms with E-state index in [-0.39, 0.29) is 11.6 Å². The summed E-state index contributed by atoms with van der Waals surface area (Å²) in [5.74, 6) is 0. The molecular formula is C15H24N2O. The van der Waals surface area contributed by atoms with Crippen LogP contribution < -0.4 is 5.73 Å². The zero-order chi connectivity index (χ0) is 13.0. The van der Waals surface area contributed by atoms with Crippen LogP contribution in [0.25, 0.3) is 0 Å². The minimum absolute atomic E-state index is 0.0226. The van der Waals surface area contributed by atoms with Gasteiger partial charge in [0.05, 0.1) is 11.6 Å². The molecule has 3 heteroatoms. The lowest BCUT2D eigenvalue weighted by molar-refractivity contribution is 0.0289. The molecule has 1 saturated heterocycles. The van der Waals surface area contributed by atoms with E-state index in [1.807, 2.05) is 0 Å². The zero-order valence-electron chi connectivity index (χ0n) is 11.4. The molecule has 0 aromatic heterocycles. The zero-order valence-corrected chi connectivity index (χ0v) is 11.4. The maximum Gasteiger partial charge on any atom is 0.0743 e. The molecular weight excluding hydrogens is 224 g/mol. The third kappa shape index (κ3) is 2.58. The Balaban J connectivity index is 1.96. The Morgan fingerprint density at radius 2 is 2.11 bits per heavy atom. The highest BCUT2D eigenvalue weighted by atomic mass is 16.5. The van der Waals surface area contributed by atoms with Gasteiger partial charge in [0, 0.05) is 19.7 Å². The highest BCUT2D eigenvalue weighted by Crippen LogP contribution is 2.30. The van der Waals surface area contributed by atoms with Gasteiger partial charge >= 0.3 is 0 Å². The lowest BCUT2D eigenvalue weighted by atomic mass is 9.90. The van der Waals surface area contributed by atoms with E-state index in [1.165, 1.54) is 5.56 Å². The minimum atomic E-state index is 0.0226. The summed E-state index contributed by atoms with van der Waals surface area (Å²) < 4.78 is 5.71. The van der Waals surface area contributed by atoms with Crippen LogP contribution in [0, 0.1) is 0 Å². The molecule has 0 saturated carbocycles. The number of nitrogens with two attached hydrogens (primary N) is 1. The largest absolute Gasteiger partial charge is 0.376 e. The van der Waals surface area contributed by atoms with E-state index >= 15 is 0 Å². The first kappa shape index (κ1) is 13.5. The standard InChI is InChI=1S/C15H24N2O/c1-13-15(12-16,9-11-18-13)17(2)10-8-14-6-4-3-5-7-14/h3-7,13H,8-12,16H2,1-2H3. The van der Waals surface area contributed by atoms with E-state index in [1.54, 1.807) is 0 Å². The van der Waals surface area contributed by atoms with Crippen molar-refractivity contribution in [2.75, 3.05) is 26.7 Å². The van der Waals surface area contributed by atoms with E-state index in [9.17, 15) is 0 Å². The number of benzene rings is 1. The molecule has 1 aliphatic heterocycles. The average molecular weight is 248 g/mol. The Kier molecular flexibility index (Phi) is 4.38. The Bertz CT molecular complexity index is 368. The fourth-order valence-corrected chi connectivity index (χ4v) is 2.86. The summed E-state index contributed by atoms with van der Waals surface area (Å²) in [6, 6.07) is 10.6. The Labute approximate surface area is 110 Å². The molecule has 0 spiro atoms. The second-order valence-electron chi connectivity index (χ2n) is 5.23. The topological polar surface area (TPSA) is 38.5 Å². The van der Waals surface area contributed by atoms with Gasteiger partial charge < -0.3 is 10.5 Å². The van der Waals surface area contributed by atoms with Crippen LogP contribution in [-0.4, -0.2) is 43.3 Å². The first-order valence-electron chi connectivity index (χ1n) is 6.76. The van der Waals surface area contributed by atoms with Gasteiger partial charge in [0.15, 0.2) is 0 Å². The van der Waals surface area contributed by atoms with Crippen molar-refractivity contribution in [2.45, 2.75) is 31.4 Å². The van der Waals surface area contributed by atoms with Gasteiger partial charge in [-0.25, -0.2) is 0 Å². The highest BCUT2D eigenvalue weighted by Gasteiger charge is 2.43. The van der Waals surface area contributed by atoms with E-state index in [0.29, 0.717) is 6.54 Å². The van der Waals surface area contributed by atoms with Crippen LogP contribution in [0.15, 0.2) is 30.3 Å². The molecule has 1 aliphatic rings. The second kappa shape index (κ2) is 5.83. The van der Waals surface area contributed by atoms with Crippen LogP contribution in [0.2, 0.25) is 0 Å². The molecule has 2 atom stereocenters. The van der Waals surface area contributed by atoms with Gasteiger partial charge in [-0.1, -0.05) is 30.3 Å². The van der Waals surface area contributed by atoms with Gasteiger partial charge in [0.1, 0.15) is 0 Å². The summed E-state index contributed by atoms with van der Waals surface area (Å²) in [5, 5.41) is 0. The minimum Gasteiger partial charge on any atom is -0.376 e. The average Bonchev–Trinajstić information content (AvgIpc) is 2.79. The number of ether oxygens (including phenoxy) is 1. The van der Waals surface area contributed by atoms with Crippen LogP contribution >= 0.6 is 0 Å². The Morgan fingerprint density at radius 3 is 2.67 bits per heavy atom. The van der Waals surface area contributed by atoms with Crippen molar-refractivity contribution in [1.29, 1.82) is 0 Å². The SMILES string of the molecule is CC1OCCC1(CN)N(C)CCc1ccccc1. The van der Waals surface area contributed by atoms with Crippen molar-refractivity contribution in [2.24, 2.45) is 5.73 Å². The molecule has 1 aromatic rings. The van der Waals surface area contributed by atoms with E-state index in [2.05, 4.69) is 49.2 Å². The Morgan fingerprint density at radius 1 is 1.39 bits per heavy atom. The summed E-state index contributed by atoms with van der Waals surface area (Å²) in [6.45, 7) is 4.65. The normalized spacial score (nSPS) is 27.9. The summed E-state index contributed by atoms with van der Waals surface area (Å²) >= 11 is 0. The summed E-state index contributed by atoms with van der Waals surface area (Å²) in [5.41, 5.74) is 7.41. The second-order valence-corrected chi connectivity index (χ2v) is 5.23. The van der Waals surface area contributed by atoms with Crippen molar-refractivity contribution in [3.05, 3.63) is 35.9 Å². The van der Waals surface area contributed by atoms with Gasteiger partial charge in [0.2, 0.25) is 0 Å². The van der Waals surface area contributed by atoms with Crippen LogP contribution in [0.3, 0.4) is 0 Å². The number of likely N-dealkylation sites (N-methyl/N-ethyl adjacent to an activating group) is 1. The van der Waals surface area contributed by atoms with Gasteiger partial charge in [-0.2, -0.15) is 0 Å². The number of nitrogens with zero attached hydrogens (tertiary/aromatic N) is 1. The molecule has 1 fully saturated rings. The van der Waals surface area contributed by atoms with Crippen LogP contribution in [0.4, 0.5) is 0 Å². The molecule has 1 aromatic carbocycles. The predicted octanol–water partition coefficient (Wildman–Crippen LogP) is 1.67. The van der Waals surface area contributed by atoms with Crippen molar-refractivity contribution in [3.8, 4) is 0 Å². The number of rotatable bonds is 5. The molecule has 2 rings (SSSR count). The maximum absolute atomic E-state index is 6.01. The van der Waals surface area contributed by atoms with Crippen LogP contribution in [0.5, 0.6) is 0 Å². The first-order valence-corrected chi connectivity index (χ1v) is 6.76. The van der Waals surface area contributed by atoms with E-state index in [4.69, 9.17) is 10.5 Å². The third-order valence-electron chi connectivity index (χ3n) is 4.35. The number of hydrogen-bond donors (Lipinski definition) is 1. The van der Waals surface area contributed by atoms with Crippen LogP contribution in [-0.2, 0) is 11.2 Å². The van der Waals surface area contributed by atoms with Gasteiger partial charge in [-0.15, -0.1) is 0 Å². The molecule has 18 heavy (non-hydrogen) atoms. The molecule has 100 valence electrons. The maximum atomic E-state index is 6.01. The fraction of sp³-hybridized carbons (Fsp3) is 0.600. The third-order valence-corrected chi connectivity index (χ3v) is 4.35. The summed E-state index contributed by atoms with van der Waals surface area (Å²) in [7, 11) is 2.17. The van der Waals surface area contributed by atoms with E-state index in [0.717, 1.165) is 26.0 Å².